The van der Waals surface area contributed by atoms with Crippen LogP contribution in [0.3, 0.4) is 0 Å². The fraction of sp³-hybridized carbons (Fsp3) is 0.304. The number of halogens is 4. The number of terminal acetylenes is 1. The summed E-state index contributed by atoms with van der Waals surface area (Å²) in [6.07, 6.45) is -0.846. The molecule has 6 nitrogen and oxygen atoms in total. The summed E-state index contributed by atoms with van der Waals surface area (Å²) in [6, 6.07) is 12.2. The summed E-state index contributed by atoms with van der Waals surface area (Å²) in [4.78, 5) is 25.9. The molecule has 1 aliphatic carbocycles. The summed E-state index contributed by atoms with van der Waals surface area (Å²) >= 11 is 6.29. The van der Waals surface area contributed by atoms with E-state index in [0.717, 1.165) is 4.90 Å². The zero-order valence-corrected chi connectivity index (χ0v) is 18.1. The number of hydrogen-bond acceptors (Lipinski definition) is 4. The first-order valence-electron chi connectivity index (χ1n) is 9.76. The first-order valence-corrected chi connectivity index (χ1v) is 10.1. The molecule has 174 valence electrons. The average Bonchev–Trinajstić information content (AvgIpc) is 2.73. The Morgan fingerprint density at radius 1 is 1.15 bits per heavy atom. The molecule has 1 unspecified atom stereocenters. The standard InChI is InChI=1S/C23H19ClF3NO5/c1-3-20(29)28(22(2,21(30)31)14-7-5-4-6-8-14)15-9-10-19(18(24)11-15)32-16-12-17(13-16)33-23(25,26)27/h1,4-11,16-17H,12-13H2,2H3,(H,30,31). The van der Waals surface area contributed by atoms with Gasteiger partial charge in [-0.3, -0.25) is 14.4 Å². The lowest BCUT2D eigenvalue weighted by molar-refractivity contribution is -0.355. The molecule has 0 spiro atoms. The second-order valence-electron chi connectivity index (χ2n) is 7.54. The van der Waals surface area contributed by atoms with Crippen molar-refractivity contribution in [3.05, 3.63) is 59.1 Å². The predicted molar refractivity (Wildman–Crippen MR) is 114 cm³/mol. The van der Waals surface area contributed by atoms with Crippen molar-refractivity contribution >= 4 is 29.2 Å². The number of benzene rings is 2. The number of anilines is 1. The molecule has 1 aliphatic rings. The van der Waals surface area contributed by atoms with Gasteiger partial charge in [-0.1, -0.05) is 41.9 Å². The molecule has 0 heterocycles. The van der Waals surface area contributed by atoms with Gasteiger partial charge >= 0.3 is 18.2 Å². The summed E-state index contributed by atoms with van der Waals surface area (Å²) in [7, 11) is 0. The second-order valence-corrected chi connectivity index (χ2v) is 7.95. The molecule has 1 fully saturated rings. The minimum Gasteiger partial charge on any atom is -0.489 e. The van der Waals surface area contributed by atoms with Crippen molar-refractivity contribution in [2.75, 3.05) is 4.90 Å². The fourth-order valence-electron chi connectivity index (χ4n) is 3.56. The third kappa shape index (κ3) is 5.24. The van der Waals surface area contributed by atoms with Gasteiger partial charge < -0.3 is 9.84 Å². The monoisotopic (exact) mass is 481 g/mol. The quantitative estimate of drug-likeness (QED) is 0.577. The minimum atomic E-state index is -4.71. The van der Waals surface area contributed by atoms with Crippen LogP contribution in [0, 0.1) is 12.3 Å². The first kappa shape index (κ1) is 24.4. The SMILES string of the molecule is C#CC(=O)N(c1ccc(OC2CC(OC(F)(F)F)C2)c(Cl)c1)C(C)(C(=O)O)c1ccccc1. The van der Waals surface area contributed by atoms with Gasteiger partial charge in [0, 0.05) is 18.5 Å². The number of carbonyl (C=O) groups excluding carboxylic acids is 1. The van der Waals surface area contributed by atoms with Crippen molar-refractivity contribution < 1.29 is 37.3 Å². The fourth-order valence-corrected chi connectivity index (χ4v) is 3.78. The van der Waals surface area contributed by atoms with Crippen molar-refractivity contribution in [3.63, 3.8) is 0 Å². The van der Waals surface area contributed by atoms with Crippen molar-refractivity contribution in [2.24, 2.45) is 0 Å². The molecule has 1 N–H and O–H groups in total. The lowest BCUT2D eigenvalue weighted by Crippen LogP contribution is -2.53. The van der Waals surface area contributed by atoms with Crippen molar-refractivity contribution in [1.82, 2.24) is 0 Å². The molecule has 1 atom stereocenters. The number of amides is 1. The van der Waals surface area contributed by atoms with Crippen LogP contribution in [0.4, 0.5) is 18.9 Å². The summed E-state index contributed by atoms with van der Waals surface area (Å²) in [5.74, 6) is -0.111. The zero-order valence-electron chi connectivity index (χ0n) is 17.3. The van der Waals surface area contributed by atoms with E-state index in [2.05, 4.69) is 4.74 Å². The maximum absolute atomic E-state index is 12.7. The van der Waals surface area contributed by atoms with Crippen LogP contribution in [0.25, 0.3) is 0 Å². The van der Waals surface area contributed by atoms with E-state index < -0.39 is 36.0 Å². The van der Waals surface area contributed by atoms with E-state index in [4.69, 9.17) is 22.8 Å². The van der Waals surface area contributed by atoms with E-state index in [9.17, 15) is 27.9 Å². The van der Waals surface area contributed by atoms with Gasteiger partial charge in [-0.05, 0) is 36.6 Å². The molecule has 2 aromatic carbocycles. The van der Waals surface area contributed by atoms with Crippen molar-refractivity contribution in [1.29, 1.82) is 0 Å². The number of alkyl halides is 3. The topological polar surface area (TPSA) is 76.1 Å². The lowest BCUT2D eigenvalue weighted by Gasteiger charge is -2.38. The number of hydrogen-bond donors (Lipinski definition) is 1. The second kappa shape index (κ2) is 9.33. The van der Waals surface area contributed by atoms with Crippen molar-refractivity contribution in [2.45, 2.75) is 43.9 Å². The Labute approximate surface area is 192 Å². The van der Waals surface area contributed by atoms with Gasteiger partial charge in [-0.2, -0.15) is 0 Å². The molecule has 0 saturated heterocycles. The van der Waals surface area contributed by atoms with Crippen LogP contribution >= 0.6 is 11.6 Å². The highest BCUT2D eigenvalue weighted by Crippen LogP contribution is 2.39. The third-order valence-electron chi connectivity index (χ3n) is 5.35. The molecule has 10 heteroatoms. The van der Waals surface area contributed by atoms with E-state index in [1.54, 1.807) is 30.3 Å². The minimum absolute atomic E-state index is 0.0308. The van der Waals surface area contributed by atoms with Gasteiger partial charge in [0.2, 0.25) is 0 Å². The molecule has 33 heavy (non-hydrogen) atoms. The van der Waals surface area contributed by atoms with Gasteiger partial charge in [0.25, 0.3) is 0 Å². The van der Waals surface area contributed by atoms with Gasteiger partial charge in [0.05, 0.1) is 11.1 Å². The van der Waals surface area contributed by atoms with E-state index in [-0.39, 0.29) is 29.3 Å². The van der Waals surface area contributed by atoms with Gasteiger partial charge in [0.15, 0.2) is 5.54 Å². The lowest BCUT2D eigenvalue weighted by atomic mass is 9.89. The average molecular weight is 482 g/mol. The Morgan fingerprint density at radius 2 is 1.79 bits per heavy atom. The summed E-state index contributed by atoms with van der Waals surface area (Å²) in [5.41, 5.74) is -1.44. The van der Waals surface area contributed by atoms with Crippen LogP contribution in [0.2, 0.25) is 5.02 Å². The molecule has 0 bridgehead atoms. The molecule has 1 saturated carbocycles. The molecular weight excluding hydrogens is 463 g/mol. The van der Waals surface area contributed by atoms with E-state index in [1.165, 1.54) is 25.1 Å². The molecule has 0 radical (unpaired) electrons. The number of nitrogens with zero attached hydrogens (tertiary/aromatic N) is 1. The van der Waals surface area contributed by atoms with Crippen LogP contribution in [0.1, 0.15) is 25.3 Å². The Balaban J connectivity index is 1.87. The van der Waals surface area contributed by atoms with Crippen LogP contribution in [-0.2, 0) is 19.9 Å². The molecule has 2 aromatic rings. The number of ether oxygens (including phenoxy) is 2. The predicted octanol–water partition coefficient (Wildman–Crippen LogP) is 4.75. The maximum atomic E-state index is 12.7. The van der Waals surface area contributed by atoms with Gasteiger partial charge in [0.1, 0.15) is 11.9 Å². The third-order valence-corrected chi connectivity index (χ3v) is 5.64. The Morgan fingerprint density at radius 3 is 2.30 bits per heavy atom. The first-order chi connectivity index (χ1) is 15.5. The molecule has 3 rings (SSSR count). The summed E-state index contributed by atoms with van der Waals surface area (Å²) < 4.78 is 46.3. The molecule has 0 aliphatic heterocycles. The number of rotatable bonds is 7. The molecule has 1 amide bonds. The number of carboxylic acid groups (broad SMARTS) is 1. The number of aliphatic carboxylic acids is 1. The Kier molecular flexibility index (Phi) is 6.91. The van der Waals surface area contributed by atoms with Gasteiger partial charge in [-0.25, -0.2) is 4.79 Å². The molecule has 0 aromatic heterocycles. The number of carbonyl (C=O) groups is 2. The summed E-state index contributed by atoms with van der Waals surface area (Å²) in [6.45, 7) is 1.34. The zero-order chi connectivity index (χ0) is 24.4. The van der Waals surface area contributed by atoms with Crippen LogP contribution in [-0.4, -0.2) is 35.6 Å². The summed E-state index contributed by atoms with van der Waals surface area (Å²) in [5, 5.41) is 10.1. The van der Waals surface area contributed by atoms with Gasteiger partial charge in [-0.15, -0.1) is 19.6 Å². The molecular formula is C23H19ClF3NO5. The Bertz CT molecular complexity index is 1080. The van der Waals surface area contributed by atoms with Crippen LogP contribution in [0.5, 0.6) is 5.75 Å². The van der Waals surface area contributed by atoms with Crippen LogP contribution < -0.4 is 9.64 Å². The van der Waals surface area contributed by atoms with E-state index in [1.807, 2.05) is 5.92 Å². The maximum Gasteiger partial charge on any atom is 0.522 e. The largest absolute Gasteiger partial charge is 0.522 e. The van der Waals surface area contributed by atoms with E-state index >= 15 is 0 Å². The highest BCUT2D eigenvalue weighted by Gasteiger charge is 2.45. The normalized spacial score (nSPS) is 19.5. The highest BCUT2D eigenvalue weighted by atomic mass is 35.5. The number of carboxylic acids is 1. The smallest absolute Gasteiger partial charge is 0.489 e. The Hall–Kier alpha value is -3.22. The van der Waals surface area contributed by atoms with E-state index in [0.29, 0.717) is 5.56 Å². The van der Waals surface area contributed by atoms with Crippen molar-refractivity contribution in [3.8, 4) is 18.1 Å². The van der Waals surface area contributed by atoms with Crippen LogP contribution in [0.15, 0.2) is 48.5 Å². The highest BCUT2D eigenvalue weighted by molar-refractivity contribution is 6.32.